The maximum absolute atomic E-state index is 11.3. The molecule has 0 spiro atoms. The number of ether oxygens (including phenoxy) is 1. The van der Waals surface area contributed by atoms with Gasteiger partial charge in [0.05, 0.1) is 6.61 Å². The molecule has 0 amide bonds. The first-order valence-electron chi connectivity index (χ1n) is 10.9. The zero-order chi connectivity index (χ0) is 19.9. The van der Waals surface area contributed by atoms with Gasteiger partial charge in [0.15, 0.2) is 12.4 Å². The Kier molecular flexibility index (Phi) is 10.9. The van der Waals surface area contributed by atoms with Gasteiger partial charge in [0.2, 0.25) is 0 Å². The molecule has 1 heterocycles. The molecule has 3 nitrogen and oxygen atoms in total. The lowest BCUT2D eigenvalue weighted by molar-refractivity contribution is -0.605. The van der Waals surface area contributed by atoms with E-state index in [0.29, 0.717) is 0 Å². The van der Waals surface area contributed by atoms with Gasteiger partial charge in [-0.05, 0) is 36.3 Å². The van der Waals surface area contributed by atoms with Crippen molar-refractivity contribution in [3.8, 4) is 5.75 Å². The molecule has 0 saturated carbocycles. The molecular formula is C25H35NO2. The summed E-state index contributed by atoms with van der Waals surface area (Å²) >= 11 is 0. The highest BCUT2D eigenvalue weighted by Crippen LogP contribution is 2.15. The molecule has 152 valence electrons. The predicted octanol–water partition coefficient (Wildman–Crippen LogP) is 6.79. The molecule has 0 aliphatic carbocycles. The molecule has 0 saturated heterocycles. The number of pyridine rings is 1. The van der Waals surface area contributed by atoms with E-state index in [4.69, 9.17) is 4.74 Å². The van der Waals surface area contributed by atoms with Gasteiger partial charge in [0.1, 0.15) is 5.75 Å². The summed E-state index contributed by atoms with van der Waals surface area (Å²) < 4.78 is 6.65. The van der Waals surface area contributed by atoms with Crippen molar-refractivity contribution in [3.63, 3.8) is 0 Å². The topological polar surface area (TPSA) is 36.2 Å². The van der Waals surface area contributed by atoms with Crippen LogP contribution in [0, 0.1) is 5.21 Å². The maximum Gasteiger partial charge on any atom is 0.187 e. The fourth-order valence-electron chi connectivity index (χ4n) is 3.22. The number of hydrogen-bond donors (Lipinski definition) is 0. The second-order valence-electron chi connectivity index (χ2n) is 7.43. The van der Waals surface area contributed by atoms with Crippen LogP contribution < -0.4 is 9.47 Å². The zero-order valence-electron chi connectivity index (χ0n) is 17.3. The molecule has 0 aliphatic heterocycles. The second kappa shape index (κ2) is 13.8. The predicted molar refractivity (Wildman–Crippen MR) is 118 cm³/mol. The van der Waals surface area contributed by atoms with Gasteiger partial charge in [-0.25, -0.2) is 0 Å². The van der Waals surface area contributed by atoms with Crippen molar-refractivity contribution in [2.75, 3.05) is 6.61 Å². The Morgan fingerprint density at radius 2 is 1.39 bits per heavy atom. The monoisotopic (exact) mass is 381 g/mol. The molecule has 0 N–H and O–H groups in total. The number of benzene rings is 1. The minimum atomic E-state index is 0.791. The van der Waals surface area contributed by atoms with Crippen LogP contribution in [0.3, 0.4) is 0 Å². The van der Waals surface area contributed by atoms with Crippen molar-refractivity contribution in [1.82, 2.24) is 0 Å². The normalized spacial score (nSPS) is 11.2. The van der Waals surface area contributed by atoms with Crippen molar-refractivity contribution in [2.24, 2.45) is 0 Å². The molecule has 0 aliphatic rings. The Morgan fingerprint density at radius 3 is 2.04 bits per heavy atom. The van der Waals surface area contributed by atoms with Crippen molar-refractivity contribution in [1.29, 1.82) is 0 Å². The molecule has 3 heteroatoms. The van der Waals surface area contributed by atoms with Gasteiger partial charge in [-0.2, -0.15) is 4.73 Å². The maximum atomic E-state index is 11.3. The summed E-state index contributed by atoms with van der Waals surface area (Å²) in [4.78, 5) is 0. The fraction of sp³-hybridized carbons (Fsp3) is 0.480. The molecule has 0 atom stereocenters. The highest BCUT2D eigenvalue weighted by atomic mass is 16.5. The highest BCUT2D eigenvalue weighted by Gasteiger charge is 1.97. The SMILES string of the molecule is CCCCCCCCCCCCOc1ccc(/C=C/c2ccc[n+]([O-])c2)cc1. The van der Waals surface area contributed by atoms with E-state index < -0.39 is 0 Å². The van der Waals surface area contributed by atoms with E-state index in [1.165, 1.54) is 64.0 Å². The van der Waals surface area contributed by atoms with Crippen LogP contribution in [0.4, 0.5) is 0 Å². The van der Waals surface area contributed by atoms with E-state index in [1.54, 1.807) is 12.3 Å². The Labute approximate surface area is 170 Å². The quantitative estimate of drug-likeness (QED) is 0.205. The summed E-state index contributed by atoms with van der Waals surface area (Å²) in [5.74, 6) is 0.921. The van der Waals surface area contributed by atoms with E-state index in [-0.39, 0.29) is 0 Å². The van der Waals surface area contributed by atoms with Gasteiger partial charge < -0.3 is 9.94 Å². The molecule has 0 bridgehead atoms. The van der Waals surface area contributed by atoms with E-state index in [1.807, 2.05) is 42.5 Å². The summed E-state index contributed by atoms with van der Waals surface area (Å²) in [6.45, 7) is 3.06. The van der Waals surface area contributed by atoms with Crippen molar-refractivity contribution in [2.45, 2.75) is 71.1 Å². The lowest BCUT2D eigenvalue weighted by Crippen LogP contribution is -2.24. The third-order valence-corrected chi connectivity index (χ3v) is 4.91. The summed E-state index contributed by atoms with van der Waals surface area (Å²) in [5, 5.41) is 11.3. The largest absolute Gasteiger partial charge is 0.619 e. The van der Waals surface area contributed by atoms with Crippen molar-refractivity contribution in [3.05, 3.63) is 65.1 Å². The van der Waals surface area contributed by atoms with Gasteiger partial charge >= 0.3 is 0 Å². The van der Waals surface area contributed by atoms with Crippen LogP contribution in [0.1, 0.15) is 82.3 Å². The zero-order valence-corrected chi connectivity index (χ0v) is 17.3. The van der Waals surface area contributed by atoms with Crippen LogP contribution >= 0.6 is 0 Å². The average Bonchev–Trinajstić information content (AvgIpc) is 2.71. The molecular weight excluding hydrogens is 346 g/mol. The van der Waals surface area contributed by atoms with Crippen LogP contribution in [0.2, 0.25) is 0 Å². The molecule has 2 rings (SSSR count). The minimum Gasteiger partial charge on any atom is -0.619 e. The Balaban J connectivity index is 1.55. The van der Waals surface area contributed by atoms with Crippen LogP contribution in [0.25, 0.3) is 12.2 Å². The van der Waals surface area contributed by atoms with Gasteiger partial charge in [-0.3, -0.25) is 0 Å². The van der Waals surface area contributed by atoms with Crippen molar-refractivity contribution >= 4 is 12.2 Å². The van der Waals surface area contributed by atoms with Crippen LogP contribution in [-0.4, -0.2) is 6.61 Å². The number of aromatic nitrogens is 1. The molecule has 0 unspecified atom stereocenters. The van der Waals surface area contributed by atoms with Crippen LogP contribution in [-0.2, 0) is 0 Å². The highest BCUT2D eigenvalue weighted by molar-refractivity contribution is 5.69. The van der Waals surface area contributed by atoms with Gasteiger partial charge in [0, 0.05) is 11.6 Å². The molecule has 1 aromatic heterocycles. The third-order valence-electron chi connectivity index (χ3n) is 4.91. The molecule has 2 aromatic rings. The fourth-order valence-corrected chi connectivity index (χ4v) is 3.22. The molecule has 0 fully saturated rings. The smallest absolute Gasteiger partial charge is 0.187 e. The Morgan fingerprint density at radius 1 is 0.786 bits per heavy atom. The number of unbranched alkanes of at least 4 members (excludes halogenated alkanes) is 9. The first-order chi connectivity index (χ1) is 13.8. The number of nitrogens with zero attached hydrogens (tertiary/aromatic N) is 1. The second-order valence-corrected chi connectivity index (χ2v) is 7.43. The number of rotatable bonds is 14. The Bertz CT molecular complexity index is 679. The van der Waals surface area contributed by atoms with E-state index in [2.05, 4.69) is 6.92 Å². The molecule has 28 heavy (non-hydrogen) atoms. The van der Waals surface area contributed by atoms with E-state index in [0.717, 1.165) is 34.6 Å². The first kappa shape index (κ1) is 22.0. The van der Waals surface area contributed by atoms with E-state index >= 15 is 0 Å². The lowest BCUT2D eigenvalue weighted by atomic mass is 10.1. The van der Waals surface area contributed by atoms with E-state index in [9.17, 15) is 5.21 Å². The van der Waals surface area contributed by atoms with Crippen LogP contribution in [0.5, 0.6) is 5.75 Å². The summed E-state index contributed by atoms with van der Waals surface area (Å²) in [6, 6.07) is 11.8. The first-order valence-corrected chi connectivity index (χ1v) is 10.9. The molecule has 0 radical (unpaired) electrons. The number of hydrogen-bond acceptors (Lipinski definition) is 2. The summed E-state index contributed by atoms with van der Waals surface area (Å²) in [6.07, 6.45) is 20.4. The van der Waals surface area contributed by atoms with Gasteiger partial charge in [-0.15, -0.1) is 0 Å². The average molecular weight is 382 g/mol. The third kappa shape index (κ3) is 9.59. The Hall–Kier alpha value is -2.29. The minimum absolute atomic E-state index is 0.791. The van der Waals surface area contributed by atoms with Crippen molar-refractivity contribution < 1.29 is 9.47 Å². The summed E-state index contributed by atoms with van der Waals surface area (Å²) in [5.41, 5.74) is 1.98. The van der Waals surface area contributed by atoms with Crippen LogP contribution in [0.15, 0.2) is 48.8 Å². The van der Waals surface area contributed by atoms with Gasteiger partial charge in [-0.1, -0.05) is 82.9 Å². The molecule has 1 aromatic carbocycles. The van der Waals surface area contributed by atoms with Gasteiger partial charge in [0.25, 0.3) is 0 Å². The lowest BCUT2D eigenvalue weighted by Gasteiger charge is -2.06. The standard InChI is InChI=1S/C25H35NO2/c1-2-3-4-5-6-7-8-9-10-11-21-28-25-18-16-23(17-19-25)14-15-24-13-12-20-26(27)22-24/h12-20,22H,2-11,21H2,1H3/b15-14+. The summed E-state index contributed by atoms with van der Waals surface area (Å²) in [7, 11) is 0.